The van der Waals surface area contributed by atoms with E-state index in [1.165, 1.54) is 32.1 Å². The molecule has 1 atom stereocenters. The van der Waals surface area contributed by atoms with Crippen molar-refractivity contribution in [2.75, 3.05) is 0 Å². The van der Waals surface area contributed by atoms with Crippen molar-refractivity contribution in [2.24, 2.45) is 11.1 Å². The average Bonchev–Trinajstić information content (AvgIpc) is 2.77. The molecule has 17 heavy (non-hydrogen) atoms. The van der Waals surface area contributed by atoms with Gasteiger partial charge in [-0.3, -0.25) is 0 Å². The molecule has 2 N–H and O–H groups in total. The Balaban J connectivity index is 2.10. The largest absolute Gasteiger partial charge is 0.338 e. The molecular formula is C13H23N3O. The highest BCUT2D eigenvalue weighted by Crippen LogP contribution is 2.33. The van der Waals surface area contributed by atoms with Crippen molar-refractivity contribution in [1.29, 1.82) is 0 Å². The average molecular weight is 237 g/mol. The summed E-state index contributed by atoms with van der Waals surface area (Å²) in [6.45, 7) is 6.26. The Hall–Kier alpha value is -0.900. The van der Waals surface area contributed by atoms with E-state index in [1.807, 2.05) is 0 Å². The molecule has 0 aliphatic heterocycles. The standard InChI is InChI=1S/C13H23N3O/c1-13(2,3)10(14)12-15-11(16-17-12)9-7-5-4-6-8-9/h9-10H,4-8,14H2,1-3H3/t10-/m1/s1. The first-order chi connectivity index (χ1) is 7.98. The van der Waals surface area contributed by atoms with Crippen LogP contribution in [0.15, 0.2) is 4.52 Å². The van der Waals surface area contributed by atoms with E-state index in [9.17, 15) is 0 Å². The number of nitrogens with zero attached hydrogens (tertiary/aromatic N) is 2. The number of hydrogen-bond donors (Lipinski definition) is 1. The maximum Gasteiger partial charge on any atom is 0.244 e. The lowest BCUT2D eigenvalue weighted by Crippen LogP contribution is -2.26. The van der Waals surface area contributed by atoms with Gasteiger partial charge in [-0.15, -0.1) is 0 Å². The van der Waals surface area contributed by atoms with Crippen LogP contribution < -0.4 is 5.73 Å². The molecular weight excluding hydrogens is 214 g/mol. The van der Waals surface area contributed by atoms with Crippen molar-refractivity contribution in [3.63, 3.8) is 0 Å². The summed E-state index contributed by atoms with van der Waals surface area (Å²) >= 11 is 0. The first kappa shape index (κ1) is 12.6. The highest BCUT2D eigenvalue weighted by atomic mass is 16.5. The molecule has 1 aliphatic carbocycles. The normalized spacial score (nSPS) is 20.5. The van der Waals surface area contributed by atoms with Crippen LogP contribution in [0, 0.1) is 5.41 Å². The van der Waals surface area contributed by atoms with Crippen LogP contribution in [0.3, 0.4) is 0 Å². The van der Waals surface area contributed by atoms with Crippen molar-refractivity contribution in [1.82, 2.24) is 10.1 Å². The predicted molar refractivity (Wildman–Crippen MR) is 66.5 cm³/mol. The molecule has 2 rings (SSSR count). The fourth-order valence-corrected chi connectivity index (χ4v) is 2.27. The summed E-state index contributed by atoms with van der Waals surface area (Å²) in [7, 11) is 0. The van der Waals surface area contributed by atoms with Crippen molar-refractivity contribution >= 4 is 0 Å². The van der Waals surface area contributed by atoms with Gasteiger partial charge in [0.25, 0.3) is 0 Å². The van der Waals surface area contributed by atoms with Gasteiger partial charge in [0.1, 0.15) is 0 Å². The zero-order valence-corrected chi connectivity index (χ0v) is 11.1. The Morgan fingerprint density at radius 2 is 1.88 bits per heavy atom. The number of rotatable bonds is 2. The van der Waals surface area contributed by atoms with Gasteiger partial charge in [0, 0.05) is 5.92 Å². The first-order valence-corrected chi connectivity index (χ1v) is 6.57. The van der Waals surface area contributed by atoms with Crippen LogP contribution in [0.25, 0.3) is 0 Å². The molecule has 1 heterocycles. The van der Waals surface area contributed by atoms with E-state index < -0.39 is 0 Å². The second-order valence-electron chi connectivity index (χ2n) is 6.17. The molecule has 1 saturated carbocycles. The third-order valence-electron chi connectivity index (χ3n) is 3.63. The van der Waals surface area contributed by atoms with Crippen LogP contribution in [-0.2, 0) is 0 Å². The van der Waals surface area contributed by atoms with Gasteiger partial charge >= 0.3 is 0 Å². The molecule has 0 bridgehead atoms. The van der Waals surface area contributed by atoms with Gasteiger partial charge in [-0.1, -0.05) is 45.2 Å². The summed E-state index contributed by atoms with van der Waals surface area (Å²) in [6, 6.07) is -0.188. The maximum atomic E-state index is 6.12. The molecule has 0 saturated heterocycles. The van der Waals surface area contributed by atoms with E-state index in [-0.39, 0.29) is 11.5 Å². The van der Waals surface area contributed by atoms with Crippen LogP contribution in [-0.4, -0.2) is 10.1 Å². The van der Waals surface area contributed by atoms with Crippen molar-refractivity contribution in [2.45, 2.75) is 64.8 Å². The van der Waals surface area contributed by atoms with E-state index >= 15 is 0 Å². The lowest BCUT2D eigenvalue weighted by Gasteiger charge is -2.23. The van der Waals surface area contributed by atoms with Gasteiger partial charge in [0.05, 0.1) is 6.04 Å². The SMILES string of the molecule is CC(C)(C)[C@H](N)c1nc(C2CCCCC2)no1. The van der Waals surface area contributed by atoms with Crippen LogP contribution in [0.1, 0.15) is 76.6 Å². The van der Waals surface area contributed by atoms with E-state index in [1.54, 1.807) is 0 Å². The molecule has 1 aliphatic rings. The van der Waals surface area contributed by atoms with Gasteiger partial charge in [-0.25, -0.2) is 0 Å². The zero-order chi connectivity index (χ0) is 12.5. The van der Waals surface area contributed by atoms with E-state index in [2.05, 4.69) is 30.9 Å². The van der Waals surface area contributed by atoms with Gasteiger partial charge in [0.2, 0.25) is 5.89 Å². The van der Waals surface area contributed by atoms with Gasteiger partial charge in [-0.2, -0.15) is 4.98 Å². The van der Waals surface area contributed by atoms with Crippen LogP contribution in [0.4, 0.5) is 0 Å². The minimum absolute atomic E-state index is 0.0453. The van der Waals surface area contributed by atoms with Crippen LogP contribution >= 0.6 is 0 Å². The summed E-state index contributed by atoms with van der Waals surface area (Å²) < 4.78 is 5.32. The highest BCUT2D eigenvalue weighted by Gasteiger charge is 2.29. The third kappa shape index (κ3) is 2.86. The Kier molecular flexibility index (Phi) is 3.52. The second kappa shape index (κ2) is 4.77. The van der Waals surface area contributed by atoms with Gasteiger partial charge < -0.3 is 10.3 Å². The van der Waals surface area contributed by atoms with E-state index in [4.69, 9.17) is 10.3 Å². The van der Waals surface area contributed by atoms with Crippen LogP contribution in [0.2, 0.25) is 0 Å². The molecule has 4 nitrogen and oxygen atoms in total. The fourth-order valence-electron chi connectivity index (χ4n) is 2.27. The lowest BCUT2D eigenvalue weighted by molar-refractivity contribution is 0.251. The third-order valence-corrected chi connectivity index (χ3v) is 3.63. The second-order valence-corrected chi connectivity index (χ2v) is 6.17. The Morgan fingerprint density at radius 1 is 1.24 bits per heavy atom. The molecule has 0 unspecified atom stereocenters. The summed E-state index contributed by atoms with van der Waals surface area (Å²) in [5.41, 5.74) is 6.07. The summed E-state index contributed by atoms with van der Waals surface area (Å²) in [5.74, 6) is 1.92. The zero-order valence-electron chi connectivity index (χ0n) is 11.1. The topological polar surface area (TPSA) is 64.9 Å². The molecule has 0 aromatic carbocycles. The Labute approximate surface area is 103 Å². The molecule has 0 radical (unpaired) electrons. The summed E-state index contributed by atoms with van der Waals surface area (Å²) in [5, 5.41) is 4.11. The molecule has 96 valence electrons. The maximum absolute atomic E-state index is 6.12. The molecule has 1 aromatic rings. The predicted octanol–water partition coefficient (Wildman–Crippen LogP) is 3.16. The number of nitrogens with two attached hydrogens (primary N) is 1. The molecule has 4 heteroatoms. The highest BCUT2D eigenvalue weighted by molar-refractivity contribution is 5.01. The minimum Gasteiger partial charge on any atom is -0.338 e. The molecule has 1 aromatic heterocycles. The van der Waals surface area contributed by atoms with Gasteiger partial charge in [-0.05, 0) is 18.3 Å². The fraction of sp³-hybridized carbons (Fsp3) is 0.846. The van der Waals surface area contributed by atoms with Gasteiger partial charge in [0.15, 0.2) is 5.82 Å². The van der Waals surface area contributed by atoms with Crippen molar-refractivity contribution < 1.29 is 4.52 Å². The smallest absolute Gasteiger partial charge is 0.244 e. The van der Waals surface area contributed by atoms with Crippen molar-refractivity contribution in [3.8, 4) is 0 Å². The monoisotopic (exact) mass is 237 g/mol. The number of aromatic nitrogens is 2. The quantitative estimate of drug-likeness (QED) is 0.858. The first-order valence-electron chi connectivity index (χ1n) is 6.57. The van der Waals surface area contributed by atoms with Crippen molar-refractivity contribution in [3.05, 3.63) is 11.7 Å². The Morgan fingerprint density at radius 3 is 2.47 bits per heavy atom. The van der Waals surface area contributed by atoms with Crippen LogP contribution in [0.5, 0.6) is 0 Å². The molecule has 1 fully saturated rings. The Bertz CT molecular complexity index is 361. The lowest BCUT2D eigenvalue weighted by atomic mass is 9.87. The summed E-state index contributed by atoms with van der Waals surface area (Å²) in [6.07, 6.45) is 6.26. The molecule has 0 amide bonds. The van der Waals surface area contributed by atoms with E-state index in [0.29, 0.717) is 11.8 Å². The summed E-state index contributed by atoms with van der Waals surface area (Å²) in [4.78, 5) is 4.50. The molecule has 0 spiro atoms. The number of hydrogen-bond acceptors (Lipinski definition) is 4. The van der Waals surface area contributed by atoms with E-state index in [0.717, 1.165) is 5.82 Å². The minimum atomic E-state index is -0.188.